The molecule has 2 atom stereocenters. The number of carbonyl (C=O) groups excluding carboxylic acids is 1. The van der Waals surface area contributed by atoms with Crippen LogP contribution < -0.4 is 21.3 Å². The van der Waals surface area contributed by atoms with E-state index in [-0.39, 0.29) is 59.6 Å². The van der Waals surface area contributed by atoms with Crippen LogP contribution in [0, 0.1) is 18.6 Å². The molecule has 0 aliphatic carbocycles. The molecule has 0 bridgehead atoms. The first-order valence-electron chi connectivity index (χ1n) is 15.5. The van der Waals surface area contributed by atoms with Crippen LogP contribution in [0.4, 0.5) is 24.5 Å². The van der Waals surface area contributed by atoms with Crippen LogP contribution >= 0.6 is 0 Å². The van der Waals surface area contributed by atoms with Crippen molar-refractivity contribution in [1.82, 2.24) is 19.8 Å². The van der Waals surface area contributed by atoms with Crippen molar-refractivity contribution < 1.29 is 22.7 Å². The highest BCUT2D eigenvalue weighted by atomic mass is 19.1. The zero-order chi connectivity index (χ0) is 32.9. The molecule has 2 aliphatic heterocycles. The van der Waals surface area contributed by atoms with Crippen LogP contribution in [0.15, 0.2) is 48.9 Å². The number of anilines is 2. The lowest BCUT2D eigenvalue weighted by Gasteiger charge is -2.38. The van der Waals surface area contributed by atoms with Crippen molar-refractivity contribution >= 4 is 39.0 Å². The second-order valence-electron chi connectivity index (χ2n) is 12.3. The van der Waals surface area contributed by atoms with E-state index >= 15 is 4.39 Å². The predicted octanol–water partition coefficient (Wildman–Crippen LogP) is 5.63. The SMILES string of the molecule is C=C(F)C(=O)N1CCC(N(N)c2c(N)c(OC(C)C3CCCN3C)nc3c(F)c(-c4ncc(F)c5ccccc45)c(C)cc23)CC1. The van der Waals surface area contributed by atoms with E-state index in [9.17, 15) is 13.6 Å². The van der Waals surface area contributed by atoms with Crippen molar-refractivity contribution in [1.29, 1.82) is 0 Å². The number of nitrogen functional groups attached to an aromatic ring is 1. The summed E-state index contributed by atoms with van der Waals surface area (Å²) in [5.74, 6) is 3.92. The number of hydrazine groups is 1. The van der Waals surface area contributed by atoms with Crippen molar-refractivity contribution in [3.05, 3.63) is 66.1 Å². The smallest absolute Gasteiger partial charge is 0.281 e. The number of aromatic nitrogens is 2. The number of rotatable bonds is 7. The Morgan fingerprint density at radius 2 is 1.83 bits per heavy atom. The fourth-order valence-electron chi connectivity index (χ4n) is 6.97. The molecule has 2 aliphatic rings. The van der Waals surface area contributed by atoms with Crippen molar-refractivity contribution in [2.45, 2.75) is 57.7 Å². The number of hydrogen-bond acceptors (Lipinski definition) is 8. The highest BCUT2D eigenvalue weighted by Gasteiger charge is 2.33. The van der Waals surface area contributed by atoms with E-state index in [4.69, 9.17) is 16.3 Å². The Bertz CT molecular complexity index is 1840. The Morgan fingerprint density at radius 3 is 2.48 bits per heavy atom. The first-order valence-corrected chi connectivity index (χ1v) is 15.5. The minimum atomic E-state index is -1.01. The minimum Gasteiger partial charge on any atom is -0.471 e. The van der Waals surface area contributed by atoms with Gasteiger partial charge in [0.25, 0.3) is 5.91 Å². The van der Waals surface area contributed by atoms with Gasteiger partial charge in [-0.05, 0) is 64.8 Å². The molecule has 4 N–H and O–H groups in total. The Morgan fingerprint density at radius 1 is 1.13 bits per heavy atom. The maximum Gasteiger partial charge on any atom is 0.281 e. The Kier molecular flexibility index (Phi) is 8.51. The zero-order valence-corrected chi connectivity index (χ0v) is 26.2. The lowest BCUT2D eigenvalue weighted by molar-refractivity contribution is -0.129. The van der Waals surface area contributed by atoms with Crippen LogP contribution in [0.25, 0.3) is 32.9 Å². The molecule has 4 heterocycles. The number of ether oxygens (including phenoxy) is 1. The number of halogens is 3. The summed E-state index contributed by atoms with van der Waals surface area (Å²) in [6.07, 6.45) is 3.59. The molecule has 9 nitrogen and oxygen atoms in total. The molecule has 2 fully saturated rings. The van der Waals surface area contributed by atoms with Gasteiger partial charge in [0.2, 0.25) is 5.88 Å². The van der Waals surface area contributed by atoms with E-state index in [2.05, 4.69) is 21.4 Å². The second-order valence-corrected chi connectivity index (χ2v) is 12.3. The lowest BCUT2D eigenvalue weighted by Crippen LogP contribution is -2.50. The van der Waals surface area contributed by atoms with Gasteiger partial charge in [-0.2, -0.15) is 0 Å². The number of benzene rings is 2. The average Bonchev–Trinajstić information content (AvgIpc) is 3.48. The molecule has 2 aromatic heterocycles. The summed E-state index contributed by atoms with van der Waals surface area (Å²) in [7, 11) is 2.03. The summed E-state index contributed by atoms with van der Waals surface area (Å²) in [6.45, 7) is 8.27. The molecule has 6 rings (SSSR count). The Hall–Kier alpha value is -4.42. The first-order chi connectivity index (χ1) is 22.0. The van der Waals surface area contributed by atoms with Gasteiger partial charge in [-0.15, -0.1) is 0 Å². The molecule has 46 heavy (non-hydrogen) atoms. The summed E-state index contributed by atoms with van der Waals surface area (Å²) >= 11 is 0. The number of carbonyl (C=O) groups is 1. The molecule has 12 heteroatoms. The van der Waals surface area contributed by atoms with Crippen molar-refractivity contribution in [2.75, 3.05) is 37.4 Å². The predicted molar refractivity (Wildman–Crippen MR) is 174 cm³/mol. The quantitative estimate of drug-likeness (QED) is 0.153. The molecule has 2 unspecified atom stereocenters. The molecule has 4 aromatic rings. The maximum absolute atomic E-state index is 16.9. The Labute approximate surface area is 265 Å². The average molecular weight is 634 g/mol. The van der Waals surface area contributed by atoms with Crippen molar-refractivity contribution in [2.24, 2.45) is 5.84 Å². The zero-order valence-electron chi connectivity index (χ0n) is 26.2. The van der Waals surface area contributed by atoms with Gasteiger partial charge >= 0.3 is 0 Å². The largest absolute Gasteiger partial charge is 0.471 e. The molecular formula is C34H38F3N7O2. The van der Waals surface area contributed by atoms with E-state index in [1.165, 1.54) is 9.91 Å². The second kappa shape index (κ2) is 12.4. The molecule has 242 valence electrons. The summed E-state index contributed by atoms with van der Waals surface area (Å²) < 4.78 is 51.5. The molecule has 1 amide bonds. The first kappa shape index (κ1) is 31.6. The number of nitrogens with zero attached hydrogens (tertiary/aromatic N) is 5. The van der Waals surface area contributed by atoms with Gasteiger partial charge in [0.15, 0.2) is 11.6 Å². The summed E-state index contributed by atoms with van der Waals surface area (Å²) in [5, 5.41) is 2.66. The van der Waals surface area contributed by atoms with Crippen LogP contribution in [0.1, 0.15) is 38.2 Å². The topological polar surface area (TPSA) is 114 Å². The fraction of sp³-hybridized carbons (Fsp3) is 0.382. The number of piperidine rings is 1. The number of aryl methyl sites for hydroxylation is 1. The van der Waals surface area contributed by atoms with Crippen molar-refractivity contribution in [3.8, 4) is 17.1 Å². The third-order valence-electron chi connectivity index (χ3n) is 9.43. The highest BCUT2D eigenvalue weighted by Crippen LogP contribution is 2.44. The van der Waals surface area contributed by atoms with Crippen LogP contribution in [-0.4, -0.2) is 70.5 Å². The number of amides is 1. The van der Waals surface area contributed by atoms with Crippen LogP contribution in [0.3, 0.4) is 0 Å². The van der Waals surface area contributed by atoms with E-state index in [0.717, 1.165) is 25.6 Å². The maximum atomic E-state index is 16.9. The van der Waals surface area contributed by atoms with Gasteiger partial charge in [0, 0.05) is 46.9 Å². The third kappa shape index (κ3) is 5.49. The van der Waals surface area contributed by atoms with Crippen molar-refractivity contribution in [3.63, 3.8) is 0 Å². The van der Waals surface area contributed by atoms with Gasteiger partial charge in [0.1, 0.15) is 23.1 Å². The Balaban J connectivity index is 1.49. The number of likely N-dealkylation sites (tertiary alicyclic amines) is 2. The van der Waals surface area contributed by atoms with Crippen LogP contribution in [-0.2, 0) is 4.79 Å². The summed E-state index contributed by atoms with van der Waals surface area (Å²) in [6, 6.07) is 8.37. The molecule has 2 aromatic carbocycles. The third-order valence-corrected chi connectivity index (χ3v) is 9.43. The van der Waals surface area contributed by atoms with Gasteiger partial charge in [-0.25, -0.2) is 24.0 Å². The van der Waals surface area contributed by atoms with Crippen LogP contribution in [0.5, 0.6) is 5.88 Å². The van der Waals surface area contributed by atoms with Gasteiger partial charge in [-0.3, -0.25) is 14.7 Å². The molecular weight excluding hydrogens is 595 g/mol. The minimum absolute atomic E-state index is 0.0150. The van der Waals surface area contributed by atoms with E-state index in [0.29, 0.717) is 40.3 Å². The van der Waals surface area contributed by atoms with Crippen LogP contribution in [0.2, 0.25) is 0 Å². The molecule has 0 spiro atoms. The number of nitrogens with two attached hydrogens (primary N) is 2. The number of hydrogen-bond donors (Lipinski definition) is 2. The number of likely N-dealkylation sites (N-methyl/N-ethyl adjacent to an activating group) is 1. The van der Waals surface area contributed by atoms with Gasteiger partial charge in [0.05, 0.1) is 17.6 Å². The van der Waals surface area contributed by atoms with Gasteiger partial charge in [-0.1, -0.05) is 30.8 Å². The van der Waals surface area contributed by atoms with E-state index in [1.54, 1.807) is 37.3 Å². The van der Waals surface area contributed by atoms with E-state index < -0.39 is 23.4 Å². The highest BCUT2D eigenvalue weighted by molar-refractivity contribution is 6.04. The number of pyridine rings is 2. The molecule has 2 saturated heterocycles. The molecule has 0 radical (unpaired) electrons. The summed E-state index contributed by atoms with van der Waals surface area (Å²) in [4.78, 5) is 24.7. The lowest BCUT2D eigenvalue weighted by atomic mass is 9.95. The normalized spacial score (nSPS) is 18.3. The molecule has 0 saturated carbocycles. The standard InChI is InChI=1S/C34H38F3N7O2/c1-18-16-24-31(28(37)27(18)30-23-9-6-5-8-22(23)25(36)17-40-30)41-33(46-20(3)26-10-7-13-42(26)4)29(38)32(24)44(39)21-11-14-43(15-12-21)34(45)19(2)35/h5-6,8-9,16-17,20-21,26H,2,7,10-15,38-39H2,1,3-4H3. The summed E-state index contributed by atoms with van der Waals surface area (Å²) in [5.41, 5.74) is 8.26. The fourth-order valence-corrected chi connectivity index (χ4v) is 6.97. The van der Waals surface area contributed by atoms with E-state index in [1.807, 2.05) is 14.0 Å². The van der Waals surface area contributed by atoms with Gasteiger partial charge < -0.3 is 20.4 Å². The monoisotopic (exact) mass is 633 g/mol. The number of fused-ring (bicyclic) bond motifs is 2.